The van der Waals surface area contributed by atoms with E-state index >= 15 is 0 Å². The zero-order valence-corrected chi connectivity index (χ0v) is 33.0. The summed E-state index contributed by atoms with van der Waals surface area (Å²) in [5.41, 5.74) is -0.899. The molecular weight excluding hydrogens is 705 g/mol. The molecule has 288 valence electrons. The Hall–Kier alpha value is -4.59. The van der Waals surface area contributed by atoms with Gasteiger partial charge in [0.25, 0.3) is 0 Å². The van der Waals surface area contributed by atoms with E-state index in [2.05, 4.69) is 10.00 Å². The van der Waals surface area contributed by atoms with E-state index in [4.69, 9.17) is 23.5 Å². The predicted octanol–water partition coefficient (Wildman–Crippen LogP) is 7.35. The van der Waals surface area contributed by atoms with Crippen molar-refractivity contribution in [2.75, 3.05) is 46.0 Å². The molecule has 3 heterocycles. The van der Waals surface area contributed by atoms with Crippen molar-refractivity contribution in [3.05, 3.63) is 42.5 Å². The van der Waals surface area contributed by atoms with Crippen LogP contribution in [0.2, 0.25) is 0 Å². The largest absolute Gasteiger partial charge is 0.492 e. The van der Waals surface area contributed by atoms with Crippen molar-refractivity contribution in [2.24, 2.45) is 0 Å². The van der Waals surface area contributed by atoms with Crippen LogP contribution in [0.3, 0.4) is 0 Å². The topological polar surface area (TPSA) is 164 Å². The normalized spacial score (nSPS) is 15.6. The van der Waals surface area contributed by atoms with Crippen molar-refractivity contribution in [2.45, 2.75) is 79.1 Å². The lowest BCUT2D eigenvalue weighted by Gasteiger charge is -2.35. The van der Waals surface area contributed by atoms with Crippen molar-refractivity contribution >= 4 is 47.7 Å². The quantitative estimate of drug-likeness (QED) is 0.148. The number of hydrogen-bond acceptors (Lipinski definition) is 11. The molecule has 0 aliphatic carbocycles. The number of amides is 1. The molecular formula is C37H50N5O10P. The van der Waals surface area contributed by atoms with Gasteiger partial charge in [-0.3, -0.25) is 4.90 Å². The van der Waals surface area contributed by atoms with E-state index in [0.717, 1.165) is 11.3 Å². The number of carbonyl (C=O) groups excluding carboxylic acids is 3. The third kappa shape index (κ3) is 10.3. The van der Waals surface area contributed by atoms with Gasteiger partial charge in [-0.1, -0.05) is 0 Å². The zero-order valence-electron chi connectivity index (χ0n) is 32.1. The van der Waals surface area contributed by atoms with Crippen LogP contribution in [0.1, 0.15) is 62.3 Å². The van der Waals surface area contributed by atoms with Crippen LogP contribution < -0.4 is 9.26 Å². The molecule has 1 unspecified atom stereocenters. The number of benzene rings is 2. The number of fused-ring (bicyclic) bond motifs is 2. The molecule has 1 N–H and O–H groups in total. The van der Waals surface area contributed by atoms with Gasteiger partial charge in [-0.15, -0.1) is 0 Å². The summed E-state index contributed by atoms with van der Waals surface area (Å²) in [6.45, 7) is 20.6. The molecule has 15 nitrogen and oxygen atoms in total. The van der Waals surface area contributed by atoms with Gasteiger partial charge in [0.1, 0.15) is 40.6 Å². The first kappa shape index (κ1) is 39.6. The number of aromatic nitrogens is 3. The van der Waals surface area contributed by atoms with Gasteiger partial charge in [0.2, 0.25) is 0 Å². The van der Waals surface area contributed by atoms with E-state index in [0.29, 0.717) is 72.6 Å². The van der Waals surface area contributed by atoms with Gasteiger partial charge in [0, 0.05) is 50.2 Å². The Labute approximate surface area is 309 Å². The van der Waals surface area contributed by atoms with E-state index in [9.17, 15) is 23.8 Å². The molecule has 5 rings (SSSR count). The average molecular weight is 756 g/mol. The minimum atomic E-state index is -3.94. The molecule has 53 heavy (non-hydrogen) atoms. The van der Waals surface area contributed by atoms with Crippen molar-refractivity contribution in [3.8, 4) is 22.9 Å². The zero-order chi connectivity index (χ0) is 39.1. The summed E-state index contributed by atoms with van der Waals surface area (Å²) < 4.78 is 43.0. The fourth-order valence-corrected chi connectivity index (χ4v) is 6.22. The molecule has 0 spiro atoms. The maximum atomic E-state index is 13.9. The van der Waals surface area contributed by atoms with Crippen LogP contribution in [0.25, 0.3) is 33.2 Å². The number of carbonyl (C=O) groups is 3. The number of nitrogens with zero attached hydrogens (tertiary/aromatic N) is 5. The maximum Gasteiger partial charge on any atom is 0.435 e. The fraction of sp³-hybridized carbons (Fsp3) is 0.514. The summed E-state index contributed by atoms with van der Waals surface area (Å²) in [4.78, 5) is 53.6. The van der Waals surface area contributed by atoms with Crippen molar-refractivity contribution in [3.63, 3.8) is 0 Å². The van der Waals surface area contributed by atoms with Gasteiger partial charge in [0.05, 0.1) is 16.7 Å². The Morgan fingerprint density at radius 3 is 1.92 bits per heavy atom. The van der Waals surface area contributed by atoms with Gasteiger partial charge in [-0.05, 0) is 105 Å². The Bertz CT molecular complexity index is 2050. The summed E-state index contributed by atoms with van der Waals surface area (Å²) in [6.07, 6.45) is -1.75. The minimum Gasteiger partial charge on any atom is -0.492 e. The van der Waals surface area contributed by atoms with Crippen LogP contribution in [-0.2, 0) is 18.8 Å². The smallest absolute Gasteiger partial charge is 0.435 e. The van der Waals surface area contributed by atoms with Crippen LogP contribution in [0.4, 0.5) is 14.4 Å². The van der Waals surface area contributed by atoms with Gasteiger partial charge in [0.15, 0.2) is 0 Å². The van der Waals surface area contributed by atoms with E-state index in [1.54, 1.807) is 70.7 Å². The van der Waals surface area contributed by atoms with E-state index in [-0.39, 0.29) is 17.5 Å². The molecule has 0 saturated carbocycles. The van der Waals surface area contributed by atoms with Crippen LogP contribution >= 0.6 is 7.60 Å². The summed E-state index contributed by atoms with van der Waals surface area (Å²) in [5.74, 6) is 0.636. The number of ether oxygens (including phenoxy) is 4. The van der Waals surface area contributed by atoms with Crippen LogP contribution in [-0.4, -0.2) is 110 Å². The standard InChI is InChI=1S/C37H50N5O10P/c1-35(2,3)49-32(43)40-17-15-39(16-18-40)19-20-48-25-11-13-28-24(21-25)22-30(41(28)33(44)50-36(4,5)6)31-27-23-26(52-53(10,46)47)12-14-29(27)42(38-31)34(45)51-37(7,8)9/h11-14,21-23H,15-20H2,1-10H3,(H,46,47). The summed E-state index contributed by atoms with van der Waals surface area (Å²) >= 11 is 0. The lowest BCUT2D eigenvalue weighted by atomic mass is 10.1. The minimum absolute atomic E-state index is 0.0673. The second-order valence-corrected chi connectivity index (χ2v) is 17.8. The second kappa shape index (κ2) is 14.7. The highest BCUT2D eigenvalue weighted by Gasteiger charge is 2.30. The van der Waals surface area contributed by atoms with E-state index < -0.39 is 36.6 Å². The second-order valence-electron chi connectivity index (χ2n) is 16.0. The molecule has 16 heteroatoms. The molecule has 0 radical (unpaired) electrons. The van der Waals surface area contributed by atoms with E-state index in [1.807, 2.05) is 20.8 Å². The molecule has 1 aliphatic heterocycles. The molecule has 1 aliphatic rings. The lowest BCUT2D eigenvalue weighted by molar-refractivity contribution is 0.0136. The van der Waals surface area contributed by atoms with Crippen LogP contribution in [0.5, 0.6) is 11.5 Å². The maximum absolute atomic E-state index is 13.9. The first-order valence-electron chi connectivity index (χ1n) is 17.4. The highest BCUT2D eigenvalue weighted by molar-refractivity contribution is 7.52. The van der Waals surface area contributed by atoms with Gasteiger partial charge < -0.3 is 33.3 Å². The van der Waals surface area contributed by atoms with Crippen molar-refractivity contribution in [1.29, 1.82) is 0 Å². The first-order chi connectivity index (χ1) is 24.5. The Kier molecular flexibility index (Phi) is 11.0. The molecule has 1 atom stereocenters. The first-order valence-corrected chi connectivity index (χ1v) is 19.5. The van der Waals surface area contributed by atoms with Gasteiger partial charge >= 0.3 is 25.9 Å². The lowest BCUT2D eigenvalue weighted by Crippen LogP contribution is -2.50. The molecule has 0 bridgehead atoms. The highest BCUT2D eigenvalue weighted by atomic mass is 31.2. The Balaban J connectivity index is 1.47. The predicted molar refractivity (Wildman–Crippen MR) is 200 cm³/mol. The van der Waals surface area contributed by atoms with Crippen molar-refractivity contribution in [1.82, 2.24) is 24.1 Å². The van der Waals surface area contributed by atoms with E-state index in [1.165, 1.54) is 22.8 Å². The molecule has 1 saturated heterocycles. The van der Waals surface area contributed by atoms with Gasteiger partial charge in [-0.25, -0.2) is 23.5 Å². The third-order valence-electron chi connectivity index (χ3n) is 7.78. The van der Waals surface area contributed by atoms with Crippen LogP contribution in [0.15, 0.2) is 42.5 Å². The monoisotopic (exact) mass is 755 g/mol. The fourth-order valence-electron chi connectivity index (χ4n) is 5.72. The summed E-state index contributed by atoms with van der Waals surface area (Å²) in [6, 6.07) is 11.5. The Morgan fingerprint density at radius 1 is 0.755 bits per heavy atom. The Morgan fingerprint density at radius 2 is 1.32 bits per heavy atom. The van der Waals surface area contributed by atoms with Crippen molar-refractivity contribution < 1.29 is 47.3 Å². The highest BCUT2D eigenvalue weighted by Crippen LogP contribution is 2.41. The third-order valence-corrected chi connectivity index (χ3v) is 8.33. The summed E-state index contributed by atoms with van der Waals surface area (Å²) in [5, 5.41) is 5.62. The number of piperazine rings is 1. The SMILES string of the molecule is CC(C)(C)OC(=O)N1CCN(CCOc2ccc3c(c2)cc(-c2nn(C(=O)OC(C)(C)C)c4ccc(OP(C)(=O)O)cc24)n3C(=O)OC(C)(C)C)CC1. The molecule has 2 aromatic heterocycles. The van der Waals surface area contributed by atoms with Gasteiger partial charge in [-0.2, -0.15) is 9.78 Å². The number of hydrogen-bond donors (Lipinski definition) is 1. The molecule has 1 amide bonds. The molecule has 4 aromatic rings. The molecule has 1 fully saturated rings. The molecule has 2 aromatic carbocycles. The van der Waals surface area contributed by atoms with Crippen LogP contribution in [0, 0.1) is 0 Å². The summed E-state index contributed by atoms with van der Waals surface area (Å²) in [7, 11) is -3.94. The number of rotatable bonds is 7. The average Bonchev–Trinajstić information content (AvgIpc) is 3.56.